The summed E-state index contributed by atoms with van der Waals surface area (Å²) in [6.45, 7) is 0.684. The van der Waals surface area contributed by atoms with E-state index >= 15 is 0 Å². The third-order valence-electron chi connectivity index (χ3n) is 2.58. The molecular formula is C11H13NO2. The normalized spacial score (nSPS) is 20.8. The Morgan fingerprint density at radius 1 is 1.36 bits per heavy atom. The van der Waals surface area contributed by atoms with Crippen molar-refractivity contribution in [3.63, 3.8) is 0 Å². The summed E-state index contributed by atoms with van der Waals surface area (Å²) >= 11 is 0. The SMILES string of the molecule is O=C1C[C@@H](CO)N1Cc1ccccc1. The maximum Gasteiger partial charge on any atom is 0.225 e. The van der Waals surface area contributed by atoms with Crippen LogP contribution in [0.4, 0.5) is 0 Å². The minimum atomic E-state index is 0.0303. The molecule has 0 bridgehead atoms. The predicted molar refractivity (Wildman–Crippen MR) is 52.5 cm³/mol. The van der Waals surface area contributed by atoms with Gasteiger partial charge in [-0.25, -0.2) is 0 Å². The summed E-state index contributed by atoms with van der Waals surface area (Å²) < 4.78 is 0. The Morgan fingerprint density at radius 2 is 2.07 bits per heavy atom. The van der Waals surface area contributed by atoms with Crippen LogP contribution >= 0.6 is 0 Å². The Kier molecular flexibility index (Phi) is 2.50. The van der Waals surface area contributed by atoms with E-state index in [0.717, 1.165) is 5.56 Å². The number of β-lactam (4-membered cyclic amide) rings is 1. The highest BCUT2D eigenvalue weighted by atomic mass is 16.3. The molecule has 1 atom stereocenters. The molecule has 1 aliphatic heterocycles. The number of aliphatic hydroxyl groups is 1. The molecule has 1 N–H and O–H groups in total. The van der Waals surface area contributed by atoms with Crippen LogP contribution in [0, 0.1) is 0 Å². The fraction of sp³-hybridized carbons (Fsp3) is 0.364. The number of carbonyl (C=O) groups excluding carboxylic acids is 1. The van der Waals surface area contributed by atoms with Crippen molar-refractivity contribution in [2.45, 2.75) is 19.0 Å². The van der Waals surface area contributed by atoms with E-state index < -0.39 is 0 Å². The van der Waals surface area contributed by atoms with Crippen LogP contribution in [-0.4, -0.2) is 28.6 Å². The summed E-state index contributed by atoms with van der Waals surface area (Å²) in [7, 11) is 0. The average Bonchev–Trinajstić information content (AvgIpc) is 2.24. The lowest BCUT2D eigenvalue weighted by Crippen LogP contribution is -2.53. The van der Waals surface area contributed by atoms with Crippen molar-refractivity contribution in [1.82, 2.24) is 4.90 Å². The first-order valence-electron chi connectivity index (χ1n) is 4.75. The third kappa shape index (κ3) is 1.63. The van der Waals surface area contributed by atoms with Crippen molar-refractivity contribution in [3.8, 4) is 0 Å². The van der Waals surface area contributed by atoms with Gasteiger partial charge in [0.25, 0.3) is 0 Å². The summed E-state index contributed by atoms with van der Waals surface area (Å²) in [5.74, 6) is 0.132. The van der Waals surface area contributed by atoms with Crippen molar-refractivity contribution < 1.29 is 9.90 Å². The molecule has 0 unspecified atom stereocenters. The molecule has 3 heteroatoms. The van der Waals surface area contributed by atoms with Crippen LogP contribution in [-0.2, 0) is 11.3 Å². The number of carbonyl (C=O) groups is 1. The zero-order valence-corrected chi connectivity index (χ0v) is 7.89. The topological polar surface area (TPSA) is 40.5 Å². The molecule has 1 fully saturated rings. The van der Waals surface area contributed by atoms with Crippen molar-refractivity contribution in [2.24, 2.45) is 0 Å². The number of aliphatic hydroxyl groups excluding tert-OH is 1. The summed E-state index contributed by atoms with van der Waals surface area (Å²) in [5.41, 5.74) is 1.11. The van der Waals surface area contributed by atoms with Crippen molar-refractivity contribution in [1.29, 1.82) is 0 Å². The second-order valence-corrected chi connectivity index (χ2v) is 3.55. The highest BCUT2D eigenvalue weighted by Crippen LogP contribution is 2.21. The van der Waals surface area contributed by atoms with Gasteiger partial charge in [0.15, 0.2) is 0 Å². The lowest BCUT2D eigenvalue weighted by atomic mass is 10.0. The van der Waals surface area contributed by atoms with E-state index in [-0.39, 0.29) is 18.6 Å². The summed E-state index contributed by atoms with van der Waals surface area (Å²) in [4.78, 5) is 12.9. The summed E-state index contributed by atoms with van der Waals surface area (Å²) in [6.07, 6.45) is 0.489. The van der Waals surface area contributed by atoms with Crippen molar-refractivity contribution in [2.75, 3.05) is 6.61 Å². The Bertz CT molecular complexity index is 323. The molecule has 1 aromatic rings. The first kappa shape index (κ1) is 9.21. The summed E-state index contributed by atoms with van der Waals surface area (Å²) in [6, 6.07) is 9.86. The fourth-order valence-corrected chi connectivity index (χ4v) is 1.68. The van der Waals surface area contributed by atoms with E-state index in [4.69, 9.17) is 5.11 Å². The maximum atomic E-state index is 11.2. The molecular weight excluding hydrogens is 178 g/mol. The highest BCUT2D eigenvalue weighted by Gasteiger charge is 2.34. The molecule has 0 aliphatic carbocycles. The molecule has 0 aromatic heterocycles. The second-order valence-electron chi connectivity index (χ2n) is 3.55. The van der Waals surface area contributed by atoms with Crippen molar-refractivity contribution >= 4 is 5.91 Å². The highest BCUT2D eigenvalue weighted by molar-refractivity contribution is 5.83. The van der Waals surface area contributed by atoms with Gasteiger partial charge in [-0.15, -0.1) is 0 Å². The maximum absolute atomic E-state index is 11.2. The standard InChI is InChI=1S/C11H13NO2/c13-8-10-6-11(14)12(10)7-9-4-2-1-3-5-9/h1-5,10,13H,6-8H2/t10-/m0/s1. The molecule has 1 aromatic carbocycles. The van der Waals surface area contributed by atoms with Gasteiger partial charge in [-0.3, -0.25) is 4.79 Å². The van der Waals surface area contributed by atoms with Crippen LogP contribution in [0.15, 0.2) is 30.3 Å². The molecule has 1 amide bonds. The van der Waals surface area contributed by atoms with Crippen molar-refractivity contribution in [3.05, 3.63) is 35.9 Å². The van der Waals surface area contributed by atoms with Gasteiger partial charge in [0.05, 0.1) is 12.6 Å². The first-order valence-corrected chi connectivity index (χ1v) is 4.75. The van der Waals surface area contributed by atoms with Gasteiger partial charge < -0.3 is 10.0 Å². The minimum absolute atomic E-state index is 0.0303. The molecule has 0 radical (unpaired) electrons. The zero-order chi connectivity index (χ0) is 9.97. The van der Waals surface area contributed by atoms with Gasteiger partial charge in [-0.1, -0.05) is 30.3 Å². The fourth-order valence-electron chi connectivity index (χ4n) is 1.68. The van der Waals surface area contributed by atoms with Crippen LogP contribution in [0.3, 0.4) is 0 Å². The second kappa shape index (κ2) is 3.80. The number of hydrogen-bond donors (Lipinski definition) is 1. The van der Waals surface area contributed by atoms with Gasteiger partial charge in [-0.05, 0) is 5.56 Å². The van der Waals surface area contributed by atoms with Crippen LogP contribution in [0.1, 0.15) is 12.0 Å². The smallest absolute Gasteiger partial charge is 0.225 e. The predicted octanol–water partition coefficient (Wildman–Crippen LogP) is 0.780. The molecule has 74 valence electrons. The number of amides is 1. The molecule has 0 saturated carbocycles. The molecule has 14 heavy (non-hydrogen) atoms. The van der Waals surface area contributed by atoms with Gasteiger partial charge in [0.1, 0.15) is 0 Å². The minimum Gasteiger partial charge on any atom is -0.394 e. The lowest BCUT2D eigenvalue weighted by Gasteiger charge is -2.39. The van der Waals surface area contributed by atoms with Gasteiger partial charge in [-0.2, -0.15) is 0 Å². The quantitative estimate of drug-likeness (QED) is 0.717. The summed E-state index contributed by atoms with van der Waals surface area (Å²) in [5, 5.41) is 8.96. The largest absolute Gasteiger partial charge is 0.394 e. The lowest BCUT2D eigenvalue weighted by molar-refractivity contribution is -0.149. The number of likely N-dealkylation sites (tertiary alicyclic amines) is 1. The van der Waals surface area contributed by atoms with Crippen LogP contribution in [0.2, 0.25) is 0 Å². The zero-order valence-electron chi connectivity index (χ0n) is 7.89. The first-order chi connectivity index (χ1) is 6.81. The van der Waals surface area contributed by atoms with Crippen LogP contribution in [0.5, 0.6) is 0 Å². The van der Waals surface area contributed by atoms with Crippen LogP contribution < -0.4 is 0 Å². The average molecular weight is 191 g/mol. The Labute approximate surface area is 83.0 Å². The Morgan fingerprint density at radius 3 is 2.64 bits per heavy atom. The number of rotatable bonds is 3. The Balaban J connectivity index is 2.01. The van der Waals surface area contributed by atoms with E-state index in [1.165, 1.54) is 0 Å². The van der Waals surface area contributed by atoms with Gasteiger partial charge >= 0.3 is 0 Å². The van der Waals surface area contributed by atoms with Gasteiger partial charge in [0, 0.05) is 13.0 Å². The molecule has 1 aliphatic rings. The molecule has 1 saturated heterocycles. The molecule has 3 nitrogen and oxygen atoms in total. The molecule has 2 rings (SSSR count). The molecule has 1 heterocycles. The number of hydrogen-bond acceptors (Lipinski definition) is 2. The van der Waals surface area contributed by atoms with E-state index in [2.05, 4.69) is 0 Å². The van der Waals surface area contributed by atoms with E-state index in [1.54, 1.807) is 4.90 Å². The van der Waals surface area contributed by atoms with E-state index in [0.29, 0.717) is 13.0 Å². The van der Waals surface area contributed by atoms with Gasteiger partial charge in [0.2, 0.25) is 5.91 Å². The van der Waals surface area contributed by atoms with E-state index in [1.807, 2.05) is 30.3 Å². The molecule has 0 spiro atoms. The monoisotopic (exact) mass is 191 g/mol. The Hall–Kier alpha value is -1.35. The van der Waals surface area contributed by atoms with Crippen LogP contribution in [0.25, 0.3) is 0 Å². The number of nitrogens with zero attached hydrogens (tertiary/aromatic N) is 1. The van der Waals surface area contributed by atoms with E-state index in [9.17, 15) is 4.79 Å². The number of benzene rings is 1. The third-order valence-corrected chi connectivity index (χ3v) is 2.58.